The minimum absolute atomic E-state index is 0.0790. The first-order valence-electron chi connectivity index (χ1n) is 14.9. The van der Waals surface area contributed by atoms with Crippen molar-refractivity contribution in [1.29, 1.82) is 0 Å². The Labute approximate surface area is 272 Å². The Morgan fingerprint density at radius 3 is 2.28 bits per heavy atom. The number of ether oxygens (including phenoxy) is 1. The summed E-state index contributed by atoms with van der Waals surface area (Å²) in [7, 11) is -2.84. The monoisotopic (exact) mass is 679 g/mol. The summed E-state index contributed by atoms with van der Waals surface area (Å²) in [4.78, 5) is 29.6. The van der Waals surface area contributed by atoms with Gasteiger partial charge in [-0.1, -0.05) is 73.3 Å². The molecule has 0 bridgehead atoms. The van der Waals surface area contributed by atoms with Gasteiger partial charge in [-0.25, -0.2) is 8.42 Å². The van der Waals surface area contributed by atoms with Gasteiger partial charge in [-0.2, -0.15) is 13.2 Å². The lowest BCUT2D eigenvalue weighted by atomic mass is 9.94. The van der Waals surface area contributed by atoms with Crippen LogP contribution in [0.1, 0.15) is 48.8 Å². The van der Waals surface area contributed by atoms with Gasteiger partial charge in [0.25, 0.3) is 0 Å². The van der Waals surface area contributed by atoms with E-state index in [1.165, 1.54) is 12.0 Å². The second-order valence-corrected chi connectivity index (χ2v) is 13.7. The van der Waals surface area contributed by atoms with Gasteiger partial charge in [0, 0.05) is 19.0 Å². The summed E-state index contributed by atoms with van der Waals surface area (Å²) in [5.41, 5.74) is -0.273. The Bertz CT molecular complexity index is 1620. The van der Waals surface area contributed by atoms with Crippen LogP contribution in [0.3, 0.4) is 0 Å². The van der Waals surface area contributed by atoms with Crippen LogP contribution in [0.4, 0.5) is 18.9 Å². The van der Waals surface area contributed by atoms with E-state index in [9.17, 15) is 31.2 Å². The smallest absolute Gasteiger partial charge is 0.416 e. The quantitative estimate of drug-likeness (QED) is 0.245. The number of nitrogens with zero attached hydrogens (tertiary/aromatic N) is 2. The molecule has 3 aromatic carbocycles. The highest BCUT2D eigenvalue weighted by atomic mass is 35.5. The molecule has 4 rings (SSSR count). The summed E-state index contributed by atoms with van der Waals surface area (Å²) in [5.74, 6) is -0.707. The van der Waals surface area contributed by atoms with E-state index >= 15 is 0 Å². The molecule has 1 aliphatic rings. The molecule has 0 heterocycles. The predicted molar refractivity (Wildman–Crippen MR) is 171 cm³/mol. The van der Waals surface area contributed by atoms with Crippen molar-refractivity contribution >= 4 is 39.1 Å². The molecule has 46 heavy (non-hydrogen) atoms. The van der Waals surface area contributed by atoms with Crippen molar-refractivity contribution in [2.75, 3.05) is 24.2 Å². The highest BCUT2D eigenvalue weighted by Crippen LogP contribution is 2.36. The van der Waals surface area contributed by atoms with Crippen molar-refractivity contribution in [3.63, 3.8) is 0 Å². The van der Waals surface area contributed by atoms with Crippen molar-refractivity contribution in [3.8, 4) is 5.75 Å². The molecule has 1 N–H and O–H groups in total. The molecule has 1 saturated carbocycles. The van der Waals surface area contributed by atoms with Gasteiger partial charge in [-0.15, -0.1) is 0 Å². The summed E-state index contributed by atoms with van der Waals surface area (Å²) < 4.78 is 72.8. The van der Waals surface area contributed by atoms with Crippen LogP contribution in [-0.2, 0) is 38.8 Å². The van der Waals surface area contributed by atoms with E-state index in [0.29, 0.717) is 21.7 Å². The third kappa shape index (κ3) is 9.38. The van der Waals surface area contributed by atoms with Crippen LogP contribution in [-0.4, -0.2) is 57.1 Å². The summed E-state index contributed by atoms with van der Waals surface area (Å²) in [5, 5.41) is 2.81. The summed E-state index contributed by atoms with van der Waals surface area (Å²) in [6, 6.07) is 17.0. The number of alkyl halides is 3. The summed E-state index contributed by atoms with van der Waals surface area (Å²) >= 11 is 6.23. The topological polar surface area (TPSA) is 96.0 Å². The number of nitrogens with one attached hydrogen (secondary N) is 1. The van der Waals surface area contributed by atoms with Gasteiger partial charge >= 0.3 is 6.18 Å². The molecule has 1 fully saturated rings. The fourth-order valence-electron chi connectivity index (χ4n) is 5.54. The molecule has 3 aromatic rings. The Kier molecular flexibility index (Phi) is 11.6. The van der Waals surface area contributed by atoms with Crippen LogP contribution in [0.15, 0.2) is 72.8 Å². The third-order valence-corrected chi connectivity index (χ3v) is 9.38. The van der Waals surface area contributed by atoms with E-state index in [1.54, 1.807) is 36.4 Å². The van der Waals surface area contributed by atoms with Gasteiger partial charge in [0.05, 0.1) is 29.6 Å². The van der Waals surface area contributed by atoms with E-state index in [-0.39, 0.29) is 24.0 Å². The SMILES string of the molecule is COc1cccc(CN(C(=O)CN(c2cc(C(F)(F)F)ccc2Cl)S(C)(=O)=O)[C@@H](Cc2ccccc2)C(=O)NC2CCCCC2)c1. The summed E-state index contributed by atoms with van der Waals surface area (Å²) in [6.45, 7) is -1.01. The number of halogens is 4. The number of hydrogen-bond acceptors (Lipinski definition) is 5. The third-order valence-electron chi connectivity index (χ3n) is 7.93. The maximum atomic E-state index is 14.3. The van der Waals surface area contributed by atoms with Gasteiger partial charge in [-0.3, -0.25) is 13.9 Å². The van der Waals surface area contributed by atoms with E-state index in [2.05, 4.69) is 5.32 Å². The Balaban J connectivity index is 1.78. The molecule has 1 aliphatic carbocycles. The second kappa shape index (κ2) is 15.2. The van der Waals surface area contributed by atoms with E-state index in [0.717, 1.165) is 56.1 Å². The van der Waals surface area contributed by atoms with Gasteiger partial charge in [0.1, 0.15) is 18.3 Å². The zero-order valence-corrected chi connectivity index (χ0v) is 27.2. The molecular formula is C33H37ClF3N3O5S. The number of carbonyl (C=O) groups excluding carboxylic acids is 2. The van der Waals surface area contributed by atoms with Crippen LogP contribution >= 0.6 is 11.6 Å². The van der Waals surface area contributed by atoms with E-state index < -0.39 is 51.9 Å². The number of benzene rings is 3. The molecular weight excluding hydrogens is 643 g/mol. The zero-order chi connectivity index (χ0) is 33.5. The number of anilines is 1. The first kappa shape index (κ1) is 35.1. The minimum atomic E-state index is -4.79. The second-order valence-electron chi connectivity index (χ2n) is 11.4. The highest BCUT2D eigenvalue weighted by molar-refractivity contribution is 7.92. The molecule has 2 amide bonds. The fraction of sp³-hybridized carbons (Fsp3) is 0.394. The van der Waals surface area contributed by atoms with Gasteiger partial charge in [-0.05, 0) is 54.3 Å². The lowest BCUT2D eigenvalue weighted by molar-refractivity contribution is -0.140. The molecule has 0 radical (unpaired) electrons. The van der Waals surface area contributed by atoms with Crippen molar-refractivity contribution in [3.05, 3.63) is 94.5 Å². The molecule has 0 aromatic heterocycles. The first-order valence-corrected chi connectivity index (χ1v) is 17.1. The minimum Gasteiger partial charge on any atom is -0.497 e. The lowest BCUT2D eigenvalue weighted by Gasteiger charge is -2.35. The van der Waals surface area contributed by atoms with Crippen molar-refractivity contribution in [2.45, 2.75) is 63.3 Å². The molecule has 0 spiro atoms. The Morgan fingerprint density at radius 1 is 0.978 bits per heavy atom. The number of carbonyl (C=O) groups is 2. The zero-order valence-electron chi connectivity index (χ0n) is 25.6. The van der Waals surface area contributed by atoms with Gasteiger partial charge in [0.2, 0.25) is 21.8 Å². The predicted octanol–water partition coefficient (Wildman–Crippen LogP) is 6.22. The van der Waals surface area contributed by atoms with Crippen molar-refractivity contribution in [1.82, 2.24) is 10.2 Å². The molecule has 0 aliphatic heterocycles. The number of amides is 2. The number of hydrogen-bond donors (Lipinski definition) is 1. The Hall–Kier alpha value is -3.77. The standard InChI is InChI=1S/C33H37ClF3N3O5S/c1-45-27-15-9-12-24(18-27)21-39(30(19-23-10-5-3-6-11-23)32(42)38-26-13-7-4-8-14-26)31(41)22-40(46(2,43)44)29-20-25(33(35,36)37)16-17-28(29)34/h3,5-6,9-12,15-18,20,26,30H,4,7-8,13-14,19,21-22H2,1-2H3,(H,38,42)/t30-/m0/s1. The van der Waals surface area contributed by atoms with Crippen molar-refractivity contribution in [2.24, 2.45) is 0 Å². The van der Waals surface area contributed by atoms with Crippen LogP contribution < -0.4 is 14.4 Å². The average Bonchev–Trinajstić information content (AvgIpc) is 3.01. The molecule has 1 atom stereocenters. The van der Waals surface area contributed by atoms with Crippen LogP contribution in [0.25, 0.3) is 0 Å². The average molecular weight is 680 g/mol. The normalized spacial score (nSPS) is 14.7. The summed E-state index contributed by atoms with van der Waals surface area (Å²) in [6.07, 6.45) is 0.679. The van der Waals surface area contributed by atoms with Gasteiger partial charge < -0.3 is 15.0 Å². The van der Waals surface area contributed by atoms with Crippen LogP contribution in [0.5, 0.6) is 5.75 Å². The number of rotatable bonds is 12. The molecule has 0 unspecified atom stereocenters. The van der Waals surface area contributed by atoms with Crippen molar-refractivity contribution < 1.29 is 35.9 Å². The van der Waals surface area contributed by atoms with Gasteiger partial charge in [0.15, 0.2) is 0 Å². The molecule has 0 saturated heterocycles. The molecule has 8 nitrogen and oxygen atoms in total. The van der Waals surface area contributed by atoms with E-state index in [1.807, 2.05) is 18.2 Å². The van der Waals surface area contributed by atoms with E-state index in [4.69, 9.17) is 16.3 Å². The molecule has 248 valence electrons. The number of methoxy groups -OCH3 is 1. The first-order chi connectivity index (χ1) is 21.8. The maximum Gasteiger partial charge on any atom is 0.416 e. The van der Waals surface area contributed by atoms with Crippen LogP contribution in [0, 0.1) is 0 Å². The molecule has 13 heteroatoms. The highest BCUT2D eigenvalue weighted by Gasteiger charge is 2.36. The lowest BCUT2D eigenvalue weighted by Crippen LogP contribution is -2.55. The fourth-order valence-corrected chi connectivity index (χ4v) is 6.66. The largest absolute Gasteiger partial charge is 0.497 e. The maximum absolute atomic E-state index is 14.3. The van der Waals surface area contributed by atoms with Crippen LogP contribution in [0.2, 0.25) is 5.02 Å². The Morgan fingerprint density at radius 2 is 1.65 bits per heavy atom. The number of sulfonamides is 1.